The van der Waals surface area contributed by atoms with Gasteiger partial charge in [-0.25, -0.2) is 0 Å². The molecule has 0 amide bonds. The van der Waals surface area contributed by atoms with Crippen molar-refractivity contribution in [3.05, 3.63) is 0 Å². The lowest BCUT2D eigenvalue weighted by Crippen LogP contribution is -2.52. The number of nitrogens with one attached hydrogen (secondary N) is 1. The maximum Gasteiger partial charge on any atom is 0.169 e. The fourth-order valence-corrected chi connectivity index (χ4v) is 2.87. The van der Waals surface area contributed by atoms with Gasteiger partial charge in [0.2, 0.25) is 0 Å². The highest BCUT2D eigenvalue weighted by molar-refractivity contribution is 7.80. The molecule has 2 heterocycles. The van der Waals surface area contributed by atoms with E-state index in [1.807, 2.05) is 0 Å². The van der Waals surface area contributed by atoms with Crippen molar-refractivity contribution in [2.24, 2.45) is 0 Å². The first-order valence-electron chi connectivity index (χ1n) is 7.16. The minimum Gasteiger partial charge on any atom is -0.376 e. The number of rotatable bonds is 4. The van der Waals surface area contributed by atoms with Gasteiger partial charge in [-0.1, -0.05) is 6.92 Å². The summed E-state index contributed by atoms with van der Waals surface area (Å²) >= 11 is 5.45. The minimum absolute atomic E-state index is 0.365. The maximum absolute atomic E-state index is 5.59. The molecule has 0 aliphatic carbocycles. The van der Waals surface area contributed by atoms with Gasteiger partial charge in [0.25, 0.3) is 0 Å². The SMILES string of the molecule is CCCN1CCN(C(=S)NCC2CCCO2)CC1. The van der Waals surface area contributed by atoms with Crippen LogP contribution in [0.5, 0.6) is 0 Å². The van der Waals surface area contributed by atoms with Gasteiger partial charge >= 0.3 is 0 Å². The Bertz CT molecular complexity index is 261. The van der Waals surface area contributed by atoms with E-state index in [2.05, 4.69) is 22.0 Å². The van der Waals surface area contributed by atoms with E-state index in [1.165, 1.54) is 25.8 Å². The Kier molecular flexibility index (Phi) is 5.66. The molecule has 1 atom stereocenters. The predicted octanol–water partition coefficient (Wildman–Crippen LogP) is 1.07. The van der Waals surface area contributed by atoms with Gasteiger partial charge in [-0.3, -0.25) is 4.90 Å². The third-order valence-electron chi connectivity index (χ3n) is 3.70. The van der Waals surface area contributed by atoms with E-state index in [9.17, 15) is 0 Å². The molecule has 2 rings (SSSR count). The van der Waals surface area contributed by atoms with Gasteiger partial charge in [0.15, 0.2) is 5.11 Å². The van der Waals surface area contributed by atoms with Crippen LogP contribution in [0.2, 0.25) is 0 Å². The van der Waals surface area contributed by atoms with Gasteiger partial charge in [0, 0.05) is 39.3 Å². The molecule has 2 aliphatic rings. The van der Waals surface area contributed by atoms with Gasteiger partial charge in [-0.2, -0.15) is 0 Å². The van der Waals surface area contributed by atoms with Gasteiger partial charge in [-0.05, 0) is 38.0 Å². The summed E-state index contributed by atoms with van der Waals surface area (Å²) in [6, 6.07) is 0. The Labute approximate surface area is 116 Å². The lowest BCUT2D eigenvalue weighted by molar-refractivity contribution is 0.112. The van der Waals surface area contributed by atoms with Gasteiger partial charge in [0.05, 0.1) is 6.10 Å². The first kappa shape index (κ1) is 14.0. The first-order chi connectivity index (χ1) is 8.79. The van der Waals surface area contributed by atoms with Crippen molar-refractivity contribution in [2.75, 3.05) is 45.9 Å². The molecule has 0 radical (unpaired) electrons. The van der Waals surface area contributed by atoms with Crippen LogP contribution in [0, 0.1) is 0 Å². The number of thiocarbonyl (C=S) groups is 1. The van der Waals surface area contributed by atoms with Gasteiger partial charge in [0.1, 0.15) is 0 Å². The monoisotopic (exact) mass is 271 g/mol. The van der Waals surface area contributed by atoms with Gasteiger partial charge < -0.3 is 15.0 Å². The molecule has 18 heavy (non-hydrogen) atoms. The van der Waals surface area contributed by atoms with E-state index in [1.54, 1.807) is 0 Å². The van der Waals surface area contributed by atoms with Crippen LogP contribution in [0.25, 0.3) is 0 Å². The molecule has 1 unspecified atom stereocenters. The molecule has 4 nitrogen and oxygen atoms in total. The highest BCUT2D eigenvalue weighted by atomic mass is 32.1. The molecule has 0 bridgehead atoms. The van der Waals surface area contributed by atoms with E-state index < -0.39 is 0 Å². The number of nitrogens with zero attached hydrogens (tertiary/aromatic N) is 2. The zero-order valence-electron chi connectivity index (χ0n) is 11.4. The molecule has 0 spiro atoms. The van der Waals surface area contributed by atoms with Crippen LogP contribution in [-0.4, -0.2) is 66.9 Å². The zero-order valence-corrected chi connectivity index (χ0v) is 12.2. The van der Waals surface area contributed by atoms with E-state index in [0.29, 0.717) is 6.10 Å². The Morgan fingerprint density at radius 1 is 1.33 bits per heavy atom. The summed E-state index contributed by atoms with van der Waals surface area (Å²) in [5, 5.41) is 4.26. The molecular weight excluding hydrogens is 246 g/mol. The summed E-state index contributed by atoms with van der Waals surface area (Å²) in [5.74, 6) is 0. The molecular formula is C13H25N3OS. The molecule has 2 aliphatic heterocycles. The zero-order chi connectivity index (χ0) is 12.8. The molecule has 0 aromatic carbocycles. The van der Waals surface area contributed by atoms with E-state index in [-0.39, 0.29) is 0 Å². The van der Waals surface area contributed by atoms with E-state index in [4.69, 9.17) is 17.0 Å². The van der Waals surface area contributed by atoms with E-state index in [0.717, 1.165) is 44.4 Å². The van der Waals surface area contributed by atoms with Crippen LogP contribution in [0.1, 0.15) is 26.2 Å². The van der Waals surface area contributed by atoms with Crippen LogP contribution < -0.4 is 5.32 Å². The molecule has 2 saturated heterocycles. The van der Waals surface area contributed by atoms with Crippen LogP contribution in [0.4, 0.5) is 0 Å². The van der Waals surface area contributed by atoms with Crippen LogP contribution >= 0.6 is 12.2 Å². The fourth-order valence-electron chi connectivity index (χ4n) is 2.61. The van der Waals surface area contributed by atoms with Crippen molar-refractivity contribution in [1.82, 2.24) is 15.1 Å². The topological polar surface area (TPSA) is 27.7 Å². The molecule has 5 heteroatoms. The van der Waals surface area contributed by atoms with E-state index >= 15 is 0 Å². The second-order valence-electron chi connectivity index (χ2n) is 5.15. The van der Waals surface area contributed by atoms with Crippen molar-refractivity contribution in [3.63, 3.8) is 0 Å². The lowest BCUT2D eigenvalue weighted by atomic mass is 10.2. The Morgan fingerprint density at radius 2 is 2.11 bits per heavy atom. The first-order valence-corrected chi connectivity index (χ1v) is 7.57. The number of piperazine rings is 1. The van der Waals surface area contributed by atoms with Crippen molar-refractivity contribution in [2.45, 2.75) is 32.3 Å². The fraction of sp³-hybridized carbons (Fsp3) is 0.923. The van der Waals surface area contributed by atoms with Crippen molar-refractivity contribution in [3.8, 4) is 0 Å². The third-order valence-corrected chi connectivity index (χ3v) is 4.11. The summed E-state index contributed by atoms with van der Waals surface area (Å²) in [6.45, 7) is 9.60. The van der Waals surface area contributed by atoms with Crippen LogP contribution in [0.3, 0.4) is 0 Å². The smallest absolute Gasteiger partial charge is 0.169 e. The van der Waals surface area contributed by atoms with Crippen molar-refractivity contribution >= 4 is 17.3 Å². The molecule has 0 aromatic heterocycles. The Hall–Kier alpha value is -0.390. The maximum atomic E-state index is 5.59. The quantitative estimate of drug-likeness (QED) is 0.772. The van der Waals surface area contributed by atoms with Gasteiger partial charge in [-0.15, -0.1) is 0 Å². The summed E-state index contributed by atoms with van der Waals surface area (Å²) in [4.78, 5) is 4.80. The molecule has 1 N–H and O–H groups in total. The molecule has 0 saturated carbocycles. The highest BCUT2D eigenvalue weighted by Gasteiger charge is 2.20. The average molecular weight is 271 g/mol. The average Bonchev–Trinajstić information content (AvgIpc) is 2.90. The summed E-state index contributed by atoms with van der Waals surface area (Å²) in [5.41, 5.74) is 0. The minimum atomic E-state index is 0.365. The van der Waals surface area contributed by atoms with Crippen molar-refractivity contribution in [1.29, 1.82) is 0 Å². The number of ether oxygens (including phenoxy) is 1. The predicted molar refractivity (Wildman–Crippen MR) is 77.9 cm³/mol. The summed E-state index contributed by atoms with van der Waals surface area (Å²) in [6.07, 6.45) is 3.96. The standard InChI is InChI=1S/C13H25N3OS/c1-2-5-15-6-8-16(9-7-15)13(18)14-11-12-4-3-10-17-12/h12H,2-11H2,1H3,(H,14,18). The number of hydrogen-bond acceptors (Lipinski definition) is 3. The van der Waals surface area contributed by atoms with Crippen molar-refractivity contribution < 1.29 is 4.74 Å². The molecule has 104 valence electrons. The second kappa shape index (κ2) is 7.26. The highest BCUT2D eigenvalue weighted by Crippen LogP contribution is 2.11. The Morgan fingerprint density at radius 3 is 2.72 bits per heavy atom. The lowest BCUT2D eigenvalue weighted by Gasteiger charge is -2.36. The second-order valence-corrected chi connectivity index (χ2v) is 5.54. The molecule has 2 fully saturated rings. The number of hydrogen-bond donors (Lipinski definition) is 1. The van der Waals surface area contributed by atoms with Crippen LogP contribution in [0.15, 0.2) is 0 Å². The van der Waals surface area contributed by atoms with Crippen LogP contribution in [-0.2, 0) is 4.74 Å². The summed E-state index contributed by atoms with van der Waals surface area (Å²) in [7, 11) is 0. The Balaban J connectivity index is 1.64. The third kappa shape index (κ3) is 4.07. The molecule has 0 aromatic rings. The summed E-state index contributed by atoms with van der Waals surface area (Å²) < 4.78 is 5.59. The normalized spacial score (nSPS) is 25.4. The largest absolute Gasteiger partial charge is 0.376 e.